The molecule has 5 heteroatoms. The quantitative estimate of drug-likeness (QED) is 0.807. The van der Waals surface area contributed by atoms with Gasteiger partial charge in [-0.1, -0.05) is 13.8 Å². The highest BCUT2D eigenvalue weighted by molar-refractivity contribution is 5.39. The molecule has 0 spiro atoms. The third-order valence-electron chi connectivity index (χ3n) is 3.56. The van der Waals surface area contributed by atoms with Crippen molar-refractivity contribution in [1.82, 2.24) is 15.3 Å². The molecule has 0 radical (unpaired) electrons. The van der Waals surface area contributed by atoms with Crippen LogP contribution >= 0.6 is 0 Å². The molecule has 0 amide bonds. The Kier molecular flexibility index (Phi) is 5.10. The summed E-state index contributed by atoms with van der Waals surface area (Å²) in [6, 6.07) is 2.54. The Hall–Kier alpha value is -1.20. The first-order valence-corrected chi connectivity index (χ1v) is 7.12. The van der Waals surface area contributed by atoms with Crippen LogP contribution < -0.4 is 10.2 Å². The minimum atomic E-state index is 0.147. The third-order valence-corrected chi connectivity index (χ3v) is 3.56. The van der Waals surface area contributed by atoms with Gasteiger partial charge in [-0.15, -0.1) is 0 Å². The van der Waals surface area contributed by atoms with Gasteiger partial charge in [0.1, 0.15) is 12.1 Å². The second kappa shape index (κ2) is 6.82. The second-order valence-electron chi connectivity index (χ2n) is 5.42. The second-order valence-corrected chi connectivity index (χ2v) is 5.42. The zero-order valence-electron chi connectivity index (χ0n) is 11.8. The third kappa shape index (κ3) is 3.88. The van der Waals surface area contributed by atoms with Gasteiger partial charge in [0.05, 0.1) is 6.61 Å². The molecule has 1 aliphatic heterocycles. The fourth-order valence-corrected chi connectivity index (χ4v) is 2.45. The number of hydrogen-bond acceptors (Lipinski definition) is 5. The summed E-state index contributed by atoms with van der Waals surface area (Å²) in [5.74, 6) is 1.31. The zero-order valence-corrected chi connectivity index (χ0v) is 11.8. The molecule has 2 heterocycles. The molecular weight excluding hydrogens is 240 g/mol. The Morgan fingerprint density at radius 3 is 2.95 bits per heavy atom. The highest BCUT2D eigenvalue weighted by Crippen LogP contribution is 2.18. The van der Waals surface area contributed by atoms with Crippen molar-refractivity contribution < 1.29 is 5.11 Å². The van der Waals surface area contributed by atoms with Gasteiger partial charge in [0.2, 0.25) is 0 Å². The van der Waals surface area contributed by atoms with E-state index in [4.69, 9.17) is 0 Å². The van der Waals surface area contributed by atoms with Crippen molar-refractivity contribution in [3.05, 3.63) is 18.1 Å². The Labute approximate surface area is 115 Å². The highest BCUT2D eigenvalue weighted by Gasteiger charge is 2.19. The van der Waals surface area contributed by atoms with Gasteiger partial charge in [-0.2, -0.15) is 0 Å². The highest BCUT2D eigenvalue weighted by atomic mass is 16.3. The van der Waals surface area contributed by atoms with Gasteiger partial charge in [0.15, 0.2) is 0 Å². The molecule has 1 saturated heterocycles. The van der Waals surface area contributed by atoms with Crippen LogP contribution in [-0.4, -0.2) is 47.4 Å². The molecule has 0 saturated carbocycles. The van der Waals surface area contributed by atoms with E-state index < -0.39 is 0 Å². The summed E-state index contributed by atoms with van der Waals surface area (Å²) in [6.45, 7) is 7.01. The van der Waals surface area contributed by atoms with Gasteiger partial charge in [0, 0.05) is 30.9 Å². The number of aliphatic hydroxyl groups is 1. The molecule has 5 nitrogen and oxygen atoms in total. The molecule has 0 bridgehead atoms. The van der Waals surface area contributed by atoms with Gasteiger partial charge in [0.25, 0.3) is 0 Å². The summed E-state index contributed by atoms with van der Waals surface area (Å²) >= 11 is 0. The minimum absolute atomic E-state index is 0.147. The summed E-state index contributed by atoms with van der Waals surface area (Å²) in [6.07, 6.45) is 4.06. The summed E-state index contributed by atoms with van der Waals surface area (Å²) in [4.78, 5) is 10.8. The Bertz CT molecular complexity index is 391. The van der Waals surface area contributed by atoms with E-state index in [0.29, 0.717) is 18.5 Å². The number of aliphatic hydroxyl groups excluding tert-OH is 1. The summed E-state index contributed by atoms with van der Waals surface area (Å²) in [5, 5.41) is 12.7. The van der Waals surface area contributed by atoms with Crippen LogP contribution in [0.1, 0.15) is 38.3 Å². The SMILES string of the molecule is CC(C)c1cc(N(CCO)CC2CCCN2)ncn1. The van der Waals surface area contributed by atoms with E-state index in [-0.39, 0.29) is 6.61 Å². The van der Waals surface area contributed by atoms with Crippen LogP contribution in [0.15, 0.2) is 12.4 Å². The maximum atomic E-state index is 9.24. The molecule has 1 unspecified atom stereocenters. The maximum absolute atomic E-state index is 9.24. The standard InChI is InChI=1S/C14H24N4O/c1-11(2)13-8-14(17-10-16-13)18(6-7-19)9-12-4-3-5-15-12/h8,10-12,15,19H,3-7,9H2,1-2H3. The van der Waals surface area contributed by atoms with Crippen LogP contribution in [0.25, 0.3) is 0 Å². The maximum Gasteiger partial charge on any atom is 0.132 e. The van der Waals surface area contributed by atoms with Crippen molar-refractivity contribution in [2.75, 3.05) is 31.1 Å². The van der Waals surface area contributed by atoms with Gasteiger partial charge in [-0.05, 0) is 25.3 Å². The first-order valence-electron chi connectivity index (χ1n) is 7.12. The van der Waals surface area contributed by atoms with E-state index in [0.717, 1.165) is 24.6 Å². The molecule has 19 heavy (non-hydrogen) atoms. The van der Waals surface area contributed by atoms with Crippen molar-refractivity contribution in [3.8, 4) is 0 Å². The number of nitrogens with zero attached hydrogens (tertiary/aromatic N) is 3. The molecule has 1 aromatic rings. The molecule has 1 atom stereocenters. The largest absolute Gasteiger partial charge is 0.395 e. The lowest BCUT2D eigenvalue weighted by Gasteiger charge is -2.26. The van der Waals surface area contributed by atoms with E-state index in [1.54, 1.807) is 6.33 Å². The van der Waals surface area contributed by atoms with Gasteiger partial charge < -0.3 is 15.3 Å². The van der Waals surface area contributed by atoms with Crippen molar-refractivity contribution in [2.45, 2.75) is 38.6 Å². The molecule has 1 aliphatic rings. The van der Waals surface area contributed by atoms with E-state index in [1.165, 1.54) is 12.8 Å². The molecule has 1 aromatic heterocycles. The number of rotatable bonds is 6. The van der Waals surface area contributed by atoms with Crippen molar-refractivity contribution in [3.63, 3.8) is 0 Å². The summed E-state index contributed by atoms with van der Waals surface area (Å²) in [5.41, 5.74) is 1.05. The Balaban J connectivity index is 2.10. The first kappa shape index (κ1) is 14.2. The van der Waals surface area contributed by atoms with Crippen molar-refractivity contribution >= 4 is 5.82 Å². The topological polar surface area (TPSA) is 61.3 Å². The minimum Gasteiger partial charge on any atom is -0.395 e. The average molecular weight is 264 g/mol. The van der Waals surface area contributed by atoms with Crippen molar-refractivity contribution in [2.24, 2.45) is 0 Å². The smallest absolute Gasteiger partial charge is 0.132 e. The van der Waals surface area contributed by atoms with Crippen LogP contribution in [0.5, 0.6) is 0 Å². The zero-order chi connectivity index (χ0) is 13.7. The molecule has 106 valence electrons. The molecule has 2 N–H and O–H groups in total. The predicted molar refractivity (Wildman–Crippen MR) is 76.4 cm³/mol. The average Bonchev–Trinajstić information content (AvgIpc) is 2.91. The lowest BCUT2D eigenvalue weighted by atomic mass is 10.1. The first-order chi connectivity index (χ1) is 9.20. The van der Waals surface area contributed by atoms with E-state index in [2.05, 4.69) is 34.0 Å². The lowest BCUT2D eigenvalue weighted by molar-refractivity contribution is 0.300. The number of nitrogens with one attached hydrogen (secondary N) is 1. The molecule has 1 fully saturated rings. The normalized spacial score (nSPS) is 19.1. The van der Waals surface area contributed by atoms with Gasteiger partial charge in [-0.25, -0.2) is 9.97 Å². The Morgan fingerprint density at radius 1 is 1.47 bits per heavy atom. The summed E-state index contributed by atoms with van der Waals surface area (Å²) < 4.78 is 0. The lowest BCUT2D eigenvalue weighted by Crippen LogP contribution is -2.39. The van der Waals surface area contributed by atoms with Crippen LogP contribution in [-0.2, 0) is 0 Å². The Morgan fingerprint density at radius 2 is 2.32 bits per heavy atom. The van der Waals surface area contributed by atoms with Crippen LogP contribution in [0.4, 0.5) is 5.82 Å². The fraction of sp³-hybridized carbons (Fsp3) is 0.714. The molecule has 2 rings (SSSR count). The number of aromatic nitrogens is 2. The van der Waals surface area contributed by atoms with Crippen molar-refractivity contribution in [1.29, 1.82) is 0 Å². The molecular formula is C14H24N4O. The van der Waals surface area contributed by atoms with Crippen LogP contribution in [0.3, 0.4) is 0 Å². The van der Waals surface area contributed by atoms with E-state index in [1.807, 2.05) is 6.07 Å². The number of anilines is 1. The monoisotopic (exact) mass is 264 g/mol. The van der Waals surface area contributed by atoms with E-state index >= 15 is 0 Å². The predicted octanol–water partition coefficient (Wildman–Crippen LogP) is 1.15. The van der Waals surface area contributed by atoms with Gasteiger partial charge in [-0.3, -0.25) is 0 Å². The number of hydrogen-bond donors (Lipinski definition) is 2. The fourth-order valence-electron chi connectivity index (χ4n) is 2.45. The van der Waals surface area contributed by atoms with E-state index in [9.17, 15) is 5.11 Å². The molecule has 0 aliphatic carbocycles. The molecule has 0 aromatic carbocycles. The summed E-state index contributed by atoms with van der Waals surface area (Å²) in [7, 11) is 0. The van der Waals surface area contributed by atoms with Crippen LogP contribution in [0.2, 0.25) is 0 Å². The van der Waals surface area contributed by atoms with Crippen LogP contribution in [0, 0.1) is 0 Å². The van der Waals surface area contributed by atoms with Gasteiger partial charge >= 0.3 is 0 Å².